The monoisotopic (exact) mass is 197 g/mol. The van der Waals surface area contributed by atoms with Crippen LogP contribution in [0.3, 0.4) is 0 Å². The molecule has 15 heavy (non-hydrogen) atoms. The Morgan fingerprint density at radius 2 is 2.07 bits per heavy atom. The van der Waals surface area contributed by atoms with E-state index >= 15 is 0 Å². The van der Waals surface area contributed by atoms with E-state index in [-0.39, 0.29) is 5.91 Å². The summed E-state index contributed by atoms with van der Waals surface area (Å²) in [6.07, 6.45) is 4.48. The number of rotatable bonds is 0. The van der Waals surface area contributed by atoms with Crippen LogP contribution in [0.5, 0.6) is 0 Å². The maximum Gasteiger partial charge on any atom is 0.235 e. The fraction of sp³-hybridized carbons (Fsp3) is 0.154. The molecule has 2 heterocycles. The second-order valence-corrected chi connectivity index (χ2v) is 3.86. The highest BCUT2D eigenvalue weighted by Gasteiger charge is 2.18. The van der Waals surface area contributed by atoms with Gasteiger partial charge in [0, 0.05) is 11.8 Å². The van der Waals surface area contributed by atoms with Crippen LogP contribution in [0, 0.1) is 6.92 Å². The topological polar surface area (TPSA) is 22.0 Å². The second kappa shape index (κ2) is 2.83. The summed E-state index contributed by atoms with van der Waals surface area (Å²) in [7, 11) is 0. The van der Waals surface area contributed by atoms with Crippen LogP contribution >= 0.6 is 0 Å². The Hall–Kier alpha value is -1.83. The van der Waals surface area contributed by atoms with Crippen LogP contribution in [0.15, 0.2) is 30.3 Å². The zero-order chi connectivity index (χ0) is 10.4. The maximum absolute atomic E-state index is 11.8. The number of aromatic nitrogens is 1. The van der Waals surface area contributed by atoms with E-state index in [1.54, 1.807) is 0 Å². The Kier molecular flexibility index (Phi) is 1.60. The lowest BCUT2D eigenvalue weighted by Crippen LogP contribution is -2.13. The molecule has 0 unspecified atom stereocenters. The molecule has 0 aliphatic carbocycles. The number of benzene rings is 1. The molecule has 0 radical (unpaired) electrons. The fourth-order valence-corrected chi connectivity index (χ4v) is 2.25. The van der Waals surface area contributed by atoms with Crippen molar-refractivity contribution in [2.24, 2.45) is 0 Å². The van der Waals surface area contributed by atoms with Gasteiger partial charge in [0.1, 0.15) is 0 Å². The van der Waals surface area contributed by atoms with Crippen molar-refractivity contribution in [1.29, 1.82) is 0 Å². The minimum absolute atomic E-state index is 0.164. The molecule has 3 rings (SSSR count). The quantitative estimate of drug-likeness (QED) is 0.636. The first-order valence-corrected chi connectivity index (χ1v) is 5.09. The average molecular weight is 197 g/mol. The van der Waals surface area contributed by atoms with Crippen molar-refractivity contribution in [3.63, 3.8) is 0 Å². The number of nitrogens with zero attached hydrogens (tertiary/aromatic N) is 1. The molecule has 2 heteroatoms. The van der Waals surface area contributed by atoms with Gasteiger partial charge in [0.05, 0.1) is 11.2 Å². The van der Waals surface area contributed by atoms with Crippen molar-refractivity contribution in [2.75, 3.05) is 0 Å². The minimum atomic E-state index is 0.164. The van der Waals surface area contributed by atoms with Crippen LogP contribution in [-0.2, 0) is 0 Å². The molecule has 0 bridgehead atoms. The fourth-order valence-electron chi connectivity index (χ4n) is 2.25. The Bertz CT molecular complexity index is 590. The van der Waals surface area contributed by atoms with Gasteiger partial charge in [0.25, 0.3) is 0 Å². The van der Waals surface area contributed by atoms with Crippen molar-refractivity contribution in [3.05, 3.63) is 41.6 Å². The molecule has 1 aliphatic rings. The van der Waals surface area contributed by atoms with Crippen molar-refractivity contribution >= 4 is 22.9 Å². The normalized spacial score (nSPS) is 14.6. The van der Waals surface area contributed by atoms with Gasteiger partial charge < -0.3 is 0 Å². The van der Waals surface area contributed by atoms with Crippen LogP contribution in [0.25, 0.3) is 17.0 Å². The van der Waals surface area contributed by atoms with Crippen LogP contribution < -0.4 is 0 Å². The average Bonchev–Trinajstić information content (AvgIpc) is 2.55. The molecular weight excluding hydrogens is 186 g/mol. The molecule has 2 nitrogen and oxygen atoms in total. The number of hydrogen-bond donors (Lipinski definition) is 0. The zero-order valence-corrected chi connectivity index (χ0v) is 8.53. The minimum Gasteiger partial charge on any atom is -0.280 e. The molecule has 0 saturated heterocycles. The Morgan fingerprint density at radius 3 is 2.93 bits per heavy atom. The summed E-state index contributed by atoms with van der Waals surface area (Å²) >= 11 is 0. The highest BCUT2D eigenvalue weighted by atomic mass is 16.2. The van der Waals surface area contributed by atoms with Crippen LogP contribution in [0.2, 0.25) is 0 Å². The van der Waals surface area contributed by atoms with E-state index in [4.69, 9.17) is 0 Å². The summed E-state index contributed by atoms with van der Waals surface area (Å²) in [6.45, 7) is 2.07. The van der Waals surface area contributed by atoms with Gasteiger partial charge in [-0.15, -0.1) is 0 Å². The van der Waals surface area contributed by atoms with E-state index in [0.717, 1.165) is 11.2 Å². The van der Waals surface area contributed by atoms with Gasteiger partial charge >= 0.3 is 0 Å². The molecule has 0 spiro atoms. The number of carbonyl (C=O) groups excluding carboxylic acids is 1. The van der Waals surface area contributed by atoms with Crippen molar-refractivity contribution in [2.45, 2.75) is 13.3 Å². The number of hydrogen-bond acceptors (Lipinski definition) is 1. The molecule has 0 saturated carbocycles. The van der Waals surface area contributed by atoms with E-state index in [2.05, 4.69) is 13.0 Å². The first-order chi connectivity index (χ1) is 7.29. The predicted molar refractivity (Wildman–Crippen MR) is 61.0 cm³/mol. The first kappa shape index (κ1) is 8.48. The van der Waals surface area contributed by atoms with Gasteiger partial charge in [-0.1, -0.05) is 24.3 Å². The van der Waals surface area contributed by atoms with Gasteiger partial charge in [0.2, 0.25) is 5.91 Å². The third kappa shape index (κ3) is 1.02. The molecule has 1 aliphatic heterocycles. The molecule has 0 amide bonds. The van der Waals surface area contributed by atoms with Gasteiger partial charge in [-0.2, -0.15) is 0 Å². The summed E-state index contributed by atoms with van der Waals surface area (Å²) in [4.78, 5) is 11.8. The Balaban J connectivity index is 2.52. The van der Waals surface area contributed by atoms with Gasteiger partial charge in [-0.25, -0.2) is 0 Å². The van der Waals surface area contributed by atoms with Crippen molar-refractivity contribution in [3.8, 4) is 0 Å². The zero-order valence-electron chi connectivity index (χ0n) is 8.53. The van der Waals surface area contributed by atoms with Gasteiger partial charge in [-0.3, -0.25) is 9.36 Å². The van der Waals surface area contributed by atoms with Gasteiger partial charge in [-0.05, 0) is 24.6 Å². The maximum atomic E-state index is 11.8. The highest BCUT2D eigenvalue weighted by Crippen LogP contribution is 2.28. The standard InChI is InChI=1S/C13H11NO/c1-9-10-5-2-3-6-12(10)14-11(9)7-4-8-13(14)15/h2-7H,8H2,1H3. The lowest BCUT2D eigenvalue weighted by atomic mass is 10.1. The highest BCUT2D eigenvalue weighted by molar-refractivity contribution is 6.00. The number of allylic oxidation sites excluding steroid dienone is 1. The van der Waals surface area contributed by atoms with E-state index < -0.39 is 0 Å². The molecule has 0 N–H and O–H groups in total. The molecule has 1 aromatic heterocycles. The predicted octanol–water partition coefficient (Wildman–Crippen LogP) is 3.01. The smallest absolute Gasteiger partial charge is 0.235 e. The Morgan fingerprint density at radius 1 is 1.27 bits per heavy atom. The van der Waals surface area contributed by atoms with E-state index in [0.29, 0.717) is 6.42 Å². The number of aryl methyl sites for hydroxylation is 1. The van der Waals surface area contributed by atoms with E-state index in [1.807, 2.05) is 34.9 Å². The molecule has 2 aromatic rings. The summed E-state index contributed by atoms with van der Waals surface area (Å²) in [5.41, 5.74) is 3.25. The summed E-state index contributed by atoms with van der Waals surface area (Å²) in [6, 6.07) is 8.05. The molecule has 0 atom stereocenters. The van der Waals surface area contributed by atoms with Crippen LogP contribution in [0.4, 0.5) is 0 Å². The molecule has 0 fully saturated rings. The number of fused-ring (bicyclic) bond motifs is 3. The van der Waals surface area contributed by atoms with Crippen LogP contribution in [0.1, 0.15) is 22.5 Å². The SMILES string of the molecule is Cc1c2n(c3ccccc13)C(=O)CC=C2. The third-order valence-corrected chi connectivity index (χ3v) is 2.99. The van der Waals surface area contributed by atoms with E-state index in [9.17, 15) is 4.79 Å². The summed E-state index contributed by atoms with van der Waals surface area (Å²) in [5.74, 6) is 0.164. The number of carbonyl (C=O) groups is 1. The largest absolute Gasteiger partial charge is 0.280 e. The van der Waals surface area contributed by atoms with Crippen molar-refractivity contribution < 1.29 is 4.79 Å². The molecular formula is C13H11NO. The lowest BCUT2D eigenvalue weighted by molar-refractivity contribution is 0.0919. The summed E-state index contributed by atoms with van der Waals surface area (Å²) < 4.78 is 1.82. The third-order valence-electron chi connectivity index (χ3n) is 2.99. The molecule has 74 valence electrons. The molecule has 1 aromatic carbocycles. The lowest BCUT2D eigenvalue weighted by Gasteiger charge is -2.09. The Labute approximate surface area is 87.8 Å². The second-order valence-electron chi connectivity index (χ2n) is 3.86. The first-order valence-electron chi connectivity index (χ1n) is 5.09. The number of para-hydroxylation sites is 1. The van der Waals surface area contributed by atoms with Gasteiger partial charge in [0.15, 0.2) is 0 Å². The van der Waals surface area contributed by atoms with Crippen LogP contribution in [-0.4, -0.2) is 10.5 Å². The summed E-state index contributed by atoms with van der Waals surface area (Å²) in [5, 5.41) is 1.17. The van der Waals surface area contributed by atoms with Crippen molar-refractivity contribution in [1.82, 2.24) is 4.57 Å². The van der Waals surface area contributed by atoms with E-state index in [1.165, 1.54) is 10.9 Å².